The molecule has 0 radical (unpaired) electrons. The van der Waals surface area contributed by atoms with Gasteiger partial charge in [0, 0.05) is 12.0 Å². The molecule has 1 rings (SSSR count). The second-order valence-corrected chi connectivity index (χ2v) is 3.12. The molecule has 1 atom stereocenters. The van der Waals surface area contributed by atoms with Crippen LogP contribution in [-0.2, 0) is 11.2 Å². The van der Waals surface area contributed by atoms with Gasteiger partial charge in [-0.25, -0.2) is 4.79 Å². The number of aromatic carboxylic acids is 1. The standard InChI is InChI=1S/C9H9NO6/c10-5(7(11)12)3-4-1-2-6(8(13)14)16-9(4)15/h1-2,5H,3,10H2,(H,11,12)(H,13,14)/p-1/t5-/m0/s1. The van der Waals surface area contributed by atoms with E-state index in [4.69, 9.17) is 0 Å². The molecular formula is C9H8NO6-. The van der Waals surface area contributed by atoms with Crippen molar-refractivity contribution < 1.29 is 30.0 Å². The second kappa shape index (κ2) is 4.58. The number of hydrogen-bond acceptors (Lipinski definition) is 6. The summed E-state index contributed by atoms with van der Waals surface area (Å²) in [6.07, 6.45) is -0.183. The third-order valence-corrected chi connectivity index (χ3v) is 1.90. The molecule has 0 fully saturated rings. The summed E-state index contributed by atoms with van der Waals surface area (Å²) in [6, 6.07) is 1.09. The van der Waals surface area contributed by atoms with E-state index in [0.29, 0.717) is 0 Å². The minimum Gasteiger partial charge on any atom is -0.544 e. The van der Waals surface area contributed by atoms with Crippen molar-refractivity contribution in [2.45, 2.75) is 12.5 Å². The number of aliphatic carboxylic acids is 1. The predicted molar refractivity (Wildman–Crippen MR) is 44.7 cm³/mol. The van der Waals surface area contributed by atoms with E-state index in [1.165, 1.54) is 0 Å². The molecule has 1 aromatic heterocycles. The molecule has 0 spiro atoms. The summed E-state index contributed by atoms with van der Waals surface area (Å²) in [5.74, 6) is -3.62. The van der Waals surface area contributed by atoms with Crippen LogP contribution in [0.4, 0.5) is 0 Å². The zero-order valence-electron chi connectivity index (χ0n) is 8.10. The Balaban J connectivity index is 2.96. The summed E-state index contributed by atoms with van der Waals surface area (Å²) in [5, 5.41) is 20.7. The van der Waals surface area contributed by atoms with Crippen molar-refractivity contribution in [1.29, 1.82) is 0 Å². The fourth-order valence-corrected chi connectivity index (χ4v) is 1.05. The quantitative estimate of drug-likeness (QED) is 0.553. The van der Waals surface area contributed by atoms with Crippen molar-refractivity contribution >= 4 is 11.9 Å². The highest BCUT2D eigenvalue weighted by molar-refractivity contribution is 5.82. The molecule has 0 aromatic carbocycles. The Morgan fingerprint density at radius 2 is 2.00 bits per heavy atom. The number of carbonyl (C=O) groups is 2. The molecular weight excluding hydrogens is 218 g/mol. The third-order valence-electron chi connectivity index (χ3n) is 1.90. The fourth-order valence-electron chi connectivity index (χ4n) is 1.05. The minimum absolute atomic E-state index is 0.0224. The van der Waals surface area contributed by atoms with Gasteiger partial charge in [-0.3, -0.25) is 0 Å². The molecule has 16 heavy (non-hydrogen) atoms. The van der Waals surface area contributed by atoms with Gasteiger partial charge in [0.1, 0.15) is 12.0 Å². The van der Waals surface area contributed by atoms with E-state index in [2.05, 4.69) is 10.2 Å². The zero-order valence-corrected chi connectivity index (χ0v) is 8.10. The van der Waals surface area contributed by atoms with E-state index < -0.39 is 29.4 Å². The first kappa shape index (κ1) is 11.9. The number of hydrogen-bond donors (Lipinski definition) is 1. The van der Waals surface area contributed by atoms with Crippen LogP contribution >= 0.6 is 0 Å². The highest BCUT2D eigenvalue weighted by Crippen LogP contribution is 1.99. The predicted octanol–water partition coefficient (Wildman–Crippen LogP) is -4.09. The van der Waals surface area contributed by atoms with E-state index in [1.54, 1.807) is 0 Å². The van der Waals surface area contributed by atoms with Gasteiger partial charge in [-0.15, -0.1) is 0 Å². The molecule has 1 heterocycles. The Hall–Kier alpha value is -2.15. The van der Waals surface area contributed by atoms with E-state index >= 15 is 0 Å². The summed E-state index contributed by atoms with van der Waals surface area (Å²) in [6.45, 7) is 0. The van der Waals surface area contributed by atoms with Crippen molar-refractivity contribution in [2.75, 3.05) is 0 Å². The number of carbonyl (C=O) groups excluding carboxylic acids is 2. The average Bonchev–Trinajstić information content (AvgIpc) is 2.20. The van der Waals surface area contributed by atoms with E-state index in [-0.39, 0.29) is 12.0 Å². The van der Waals surface area contributed by atoms with Crippen LogP contribution in [0.15, 0.2) is 21.3 Å². The third kappa shape index (κ3) is 2.67. The van der Waals surface area contributed by atoms with Gasteiger partial charge in [-0.05, 0) is 12.1 Å². The van der Waals surface area contributed by atoms with Crippen molar-refractivity contribution in [3.05, 3.63) is 33.9 Å². The number of carboxylic acids is 2. The van der Waals surface area contributed by atoms with Crippen molar-refractivity contribution in [3.63, 3.8) is 0 Å². The molecule has 0 aliphatic heterocycles. The molecule has 0 aliphatic carbocycles. The lowest BCUT2D eigenvalue weighted by Crippen LogP contribution is -2.69. The molecule has 0 saturated carbocycles. The first-order valence-electron chi connectivity index (χ1n) is 4.30. The van der Waals surface area contributed by atoms with Crippen LogP contribution in [0.2, 0.25) is 0 Å². The molecule has 0 saturated heterocycles. The first-order chi connectivity index (χ1) is 7.41. The second-order valence-electron chi connectivity index (χ2n) is 3.12. The minimum atomic E-state index is -1.62. The first-order valence-corrected chi connectivity index (χ1v) is 4.30. The van der Waals surface area contributed by atoms with Crippen LogP contribution in [0.3, 0.4) is 0 Å². The van der Waals surface area contributed by atoms with Gasteiger partial charge in [0.25, 0.3) is 0 Å². The molecule has 3 N–H and O–H groups in total. The SMILES string of the molecule is [NH3+][C@@H](Cc1ccc(C(=O)[O-])oc1=O)C(=O)[O-]. The van der Waals surface area contributed by atoms with Gasteiger partial charge < -0.3 is 30.0 Å². The molecule has 1 aromatic rings. The molecule has 7 nitrogen and oxygen atoms in total. The lowest BCUT2D eigenvalue weighted by Gasteiger charge is -2.08. The highest BCUT2D eigenvalue weighted by Gasteiger charge is 2.12. The summed E-state index contributed by atoms with van der Waals surface area (Å²) < 4.78 is 4.39. The van der Waals surface area contributed by atoms with Crippen LogP contribution in [0, 0.1) is 0 Å². The van der Waals surface area contributed by atoms with Gasteiger partial charge >= 0.3 is 5.63 Å². The van der Waals surface area contributed by atoms with Gasteiger partial charge in [0.2, 0.25) is 0 Å². The van der Waals surface area contributed by atoms with Crippen LogP contribution in [0.25, 0.3) is 0 Å². The molecule has 86 valence electrons. The summed E-state index contributed by atoms with van der Waals surface area (Å²) in [4.78, 5) is 31.9. The topological polar surface area (TPSA) is 138 Å². The maximum atomic E-state index is 11.2. The maximum absolute atomic E-state index is 11.2. The lowest BCUT2D eigenvalue weighted by molar-refractivity contribution is -0.437. The number of quaternary nitrogens is 1. The monoisotopic (exact) mass is 226 g/mol. The Bertz CT molecular complexity index is 477. The van der Waals surface area contributed by atoms with E-state index in [9.17, 15) is 24.6 Å². The van der Waals surface area contributed by atoms with Crippen LogP contribution in [0.1, 0.15) is 16.1 Å². The Kier molecular flexibility index (Phi) is 3.41. The number of rotatable bonds is 4. The van der Waals surface area contributed by atoms with Gasteiger partial charge in [-0.1, -0.05) is 0 Å². The summed E-state index contributed by atoms with van der Waals surface area (Å²) >= 11 is 0. The Morgan fingerprint density at radius 1 is 1.38 bits per heavy atom. The molecule has 7 heteroatoms. The molecule has 0 unspecified atom stereocenters. The van der Waals surface area contributed by atoms with Crippen molar-refractivity contribution in [2.24, 2.45) is 0 Å². The summed E-state index contributed by atoms with van der Waals surface area (Å²) in [7, 11) is 0. The highest BCUT2D eigenvalue weighted by atomic mass is 16.4. The Morgan fingerprint density at radius 3 is 2.44 bits per heavy atom. The molecule has 0 aliphatic rings. The van der Waals surface area contributed by atoms with Crippen molar-refractivity contribution in [1.82, 2.24) is 0 Å². The fraction of sp³-hybridized carbons (Fsp3) is 0.222. The van der Waals surface area contributed by atoms with Crippen molar-refractivity contribution in [3.8, 4) is 0 Å². The smallest absolute Gasteiger partial charge is 0.339 e. The maximum Gasteiger partial charge on any atom is 0.339 e. The molecule has 0 bridgehead atoms. The lowest BCUT2D eigenvalue weighted by atomic mass is 10.1. The Labute approximate surface area is 89.1 Å². The van der Waals surface area contributed by atoms with Crippen LogP contribution < -0.4 is 21.6 Å². The van der Waals surface area contributed by atoms with Gasteiger partial charge in [-0.2, -0.15) is 0 Å². The molecule has 0 amide bonds. The number of carboxylic acid groups (broad SMARTS) is 2. The van der Waals surface area contributed by atoms with E-state index in [0.717, 1.165) is 12.1 Å². The zero-order chi connectivity index (χ0) is 12.3. The van der Waals surface area contributed by atoms with Crippen LogP contribution in [0.5, 0.6) is 0 Å². The van der Waals surface area contributed by atoms with Gasteiger partial charge in [0.15, 0.2) is 5.76 Å². The van der Waals surface area contributed by atoms with Crippen LogP contribution in [-0.4, -0.2) is 18.0 Å². The van der Waals surface area contributed by atoms with E-state index in [1.807, 2.05) is 0 Å². The summed E-state index contributed by atoms with van der Waals surface area (Å²) in [5.41, 5.74) is 2.36. The average molecular weight is 226 g/mol. The largest absolute Gasteiger partial charge is 0.544 e. The normalized spacial score (nSPS) is 12.1. The van der Waals surface area contributed by atoms with Gasteiger partial charge in [0.05, 0.1) is 5.97 Å².